The molecule has 2 aromatic carbocycles. The van der Waals surface area contributed by atoms with E-state index in [0.717, 1.165) is 46.8 Å². The van der Waals surface area contributed by atoms with Crippen LogP contribution in [-0.4, -0.2) is 28.4 Å². The molecule has 3 nitrogen and oxygen atoms in total. The Hall–Kier alpha value is -2.90. The molecule has 4 rings (SSSR count). The van der Waals surface area contributed by atoms with E-state index in [2.05, 4.69) is 16.8 Å². The second kappa shape index (κ2) is 8.41. The monoisotopic (exact) mass is 386 g/mol. The molecule has 1 saturated heterocycles. The summed E-state index contributed by atoms with van der Waals surface area (Å²) in [6, 6.07) is 19.9. The zero-order chi connectivity index (χ0) is 19.3. The highest BCUT2D eigenvalue weighted by atomic mass is 32.1. The van der Waals surface area contributed by atoms with Crippen molar-refractivity contribution in [1.29, 1.82) is 0 Å². The smallest absolute Gasteiger partial charge is 0.274 e. The first-order valence-electron chi connectivity index (χ1n) is 9.63. The molecule has 1 fully saturated rings. The number of carbonyl (C=O) groups is 1. The van der Waals surface area contributed by atoms with E-state index in [1.165, 1.54) is 0 Å². The van der Waals surface area contributed by atoms with Crippen LogP contribution in [-0.2, 0) is 0 Å². The van der Waals surface area contributed by atoms with Gasteiger partial charge in [0.15, 0.2) is 0 Å². The van der Waals surface area contributed by atoms with Crippen LogP contribution in [0.2, 0.25) is 0 Å². The number of amides is 1. The highest BCUT2D eigenvalue weighted by Crippen LogP contribution is 2.32. The molecular formula is C24H22N2OS. The van der Waals surface area contributed by atoms with Crippen molar-refractivity contribution in [3.63, 3.8) is 0 Å². The van der Waals surface area contributed by atoms with E-state index >= 15 is 0 Å². The fourth-order valence-electron chi connectivity index (χ4n) is 3.51. The Bertz CT molecular complexity index is 1020. The predicted octanol–water partition coefficient (Wildman–Crippen LogP) is 5.16. The van der Waals surface area contributed by atoms with E-state index in [-0.39, 0.29) is 11.9 Å². The van der Waals surface area contributed by atoms with Gasteiger partial charge in [-0.3, -0.25) is 4.79 Å². The molecule has 1 aliphatic rings. The van der Waals surface area contributed by atoms with E-state index in [0.29, 0.717) is 5.69 Å². The minimum Gasteiger partial charge on any atom is -0.323 e. The quantitative estimate of drug-likeness (QED) is 0.570. The summed E-state index contributed by atoms with van der Waals surface area (Å²) < 4.78 is 0. The summed E-state index contributed by atoms with van der Waals surface area (Å²) in [5.74, 6) is 6.57. The van der Waals surface area contributed by atoms with Crippen LogP contribution in [0.25, 0.3) is 10.4 Å². The van der Waals surface area contributed by atoms with E-state index in [4.69, 9.17) is 0 Å². The van der Waals surface area contributed by atoms with Crippen LogP contribution in [0.4, 0.5) is 0 Å². The van der Waals surface area contributed by atoms with Crippen LogP contribution in [0, 0.1) is 18.8 Å². The summed E-state index contributed by atoms with van der Waals surface area (Å²) in [5.41, 5.74) is 2.58. The molecule has 2 heterocycles. The summed E-state index contributed by atoms with van der Waals surface area (Å²) in [5, 5.41) is 0.908. The number of aromatic nitrogens is 1. The SMILES string of the molecule is Cc1nc(C(=O)N2CCCCC2C#Cc2ccccc2)c(-c2ccccc2)s1. The van der Waals surface area contributed by atoms with Gasteiger partial charge in [0.05, 0.1) is 15.9 Å². The Morgan fingerprint density at radius 3 is 2.54 bits per heavy atom. The van der Waals surface area contributed by atoms with E-state index < -0.39 is 0 Å². The van der Waals surface area contributed by atoms with Crippen molar-refractivity contribution < 1.29 is 4.79 Å². The normalized spacial score (nSPS) is 16.3. The van der Waals surface area contributed by atoms with Crippen molar-refractivity contribution >= 4 is 17.2 Å². The number of nitrogens with zero attached hydrogens (tertiary/aromatic N) is 2. The molecule has 4 heteroatoms. The van der Waals surface area contributed by atoms with Crippen molar-refractivity contribution in [2.24, 2.45) is 0 Å². The first-order chi connectivity index (χ1) is 13.7. The molecule has 0 aliphatic carbocycles. The molecule has 0 spiro atoms. The third-order valence-electron chi connectivity index (χ3n) is 4.89. The zero-order valence-electron chi connectivity index (χ0n) is 15.9. The maximum absolute atomic E-state index is 13.4. The van der Waals surface area contributed by atoms with Crippen LogP contribution in [0.1, 0.15) is 40.3 Å². The molecule has 1 aliphatic heterocycles. The average molecular weight is 387 g/mol. The summed E-state index contributed by atoms with van der Waals surface area (Å²) in [7, 11) is 0. The van der Waals surface area contributed by atoms with Crippen LogP contribution < -0.4 is 0 Å². The van der Waals surface area contributed by atoms with Gasteiger partial charge in [-0.15, -0.1) is 11.3 Å². The summed E-state index contributed by atoms with van der Waals surface area (Å²) in [6.45, 7) is 2.69. The van der Waals surface area contributed by atoms with E-state index in [1.807, 2.05) is 72.5 Å². The summed E-state index contributed by atoms with van der Waals surface area (Å²) >= 11 is 1.58. The van der Waals surface area contributed by atoms with Gasteiger partial charge < -0.3 is 4.90 Å². The number of likely N-dealkylation sites (tertiary alicyclic amines) is 1. The minimum atomic E-state index is -0.0629. The topological polar surface area (TPSA) is 33.2 Å². The maximum atomic E-state index is 13.4. The summed E-state index contributed by atoms with van der Waals surface area (Å²) in [6.07, 6.45) is 3.02. The maximum Gasteiger partial charge on any atom is 0.274 e. The molecule has 0 saturated carbocycles. The van der Waals surface area contributed by atoms with Gasteiger partial charge in [-0.25, -0.2) is 4.98 Å². The average Bonchev–Trinajstić information content (AvgIpc) is 3.15. The molecule has 0 bridgehead atoms. The number of piperidine rings is 1. The van der Waals surface area contributed by atoms with Gasteiger partial charge in [0.25, 0.3) is 5.91 Å². The van der Waals surface area contributed by atoms with Crippen LogP contribution in [0.15, 0.2) is 60.7 Å². The van der Waals surface area contributed by atoms with E-state index in [1.54, 1.807) is 11.3 Å². The lowest BCUT2D eigenvalue weighted by Crippen LogP contribution is -2.43. The van der Waals surface area contributed by atoms with Gasteiger partial charge in [-0.1, -0.05) is 60.4 Å². The molecule has 140 valence electrons. The third kappa shape index (κ3) is 4.00. The Balaban J connectivity index is 1.64. The second-order valence-electron chi connectivity index (χ2n) is 6.92. The Morgan fingerprint density at radius 2 is 1.79 bits per heavy atom. The van der Waals surface area contributed by atoms with Crippen molar-refractivity contribution in [3.05, 3.63) is 76.9 Å². The van der Waals surface area contributed by atoms with Crippen LogP contribution >= 0.6 is 11.3 Å². The number of carbonyl (C=O) groups excluding carboxylic acids is 1. The zero-order valence-corrected chi connectivity index (χ0v) is 16.7. The molecule has 3 aromatic rings. The van der Waals surface area contributed by atoms with Gasteiger partial charge in [-0.05, 0) is 43.9 Å². The van der Waals surface area contributed by atoms with Crippen LogP contribution in [0.5, 0.6) is 0 Å². The number of aryl methyl sites for hydroxylation is 1. The lowest BCUT2D eigenvalue weighted by Gasteiger charge is -2.32. The molecule has 1 unspecified atom stereocenters. The lowest BCUT2D eigenvalue weighted by molar-refractivity contribution is 0.0668. The van der Waals surface area contributed by atoms with Crippen molar-refractivity contribution in [3.8, 4) is 22.3 Å². The van der Waals surface area contributed by atoms with Gasteiger partial charge in [0.1, 0.15) is 5.69 Å². The fraction of sp³-hybridized carbons (Fsp3) is 0.250. The number of benzene rings is 2. The minimum absolute atomic E-state index is 0.00438. The highest BCUT2D eigenvalue weighted by molar-refractivity contribution is 7.15. The Kier molecular flexibility index (Phi) is 5.55. The number of rotatable bonds is 2. The van der Waals surface area contributed by atoms with Gasteiger partial charge >= 0.3 is 0 Å². The van der Waals surface area contributed by atoms with E-state index in [9.17, 15) is 4.79 Å². The van der Waals surface area contributed by atoms with Gasteiger partial charge in [-0.2, -0.15) is 0 Å². The standard InChI is InChI=1S/C24H22N2OS/c1-18-25-22(23(28-18)20-12-6-3-7-13-20)24(27)26-17-9-8-14-21(26)16-15-19-10-4-2-5-11-19/h2-7,10-13,21H,8-9,14,17H2,1H3. The third-order valence-corrected chi connectivity index (χ3v) is 5.91. The number of hydrogen-bond donors (Lipinski definition) is 0. The highest BCUT2D eigenvalue weighted by Gasteiger charge is 2.30. The van der Waals surface area contributed by atoms with Crippen molar-refractivity contribution in [2.75, 3.05) is 6.54 Å². The number of hydrogen-bond acceptors (Lipinski definition) is 3. The second-order valence-corrected chi connectivity index (χ2v) is 8.13. The number of thiazole rings is 1. The van der Waals surface area contributed by atoms with Crippen molar-refractivity contribution in [2.45, 2.75) is 32.2 Å². The Labute approximate surface area is 170 Å². The van der Waals surface area contributed by atoms with Crippen molar-refractivity contribution in [1.82, 2.24) is 9.88 Å². The summed E-state index contributed by atoms with van der Waals surface area (Å²) in [4.78, 5) is 20.9. The van der Waals surface area contributed by atoms with Gasteiger partial charge in [0, 0.05) is 12.1 Å². The molecular weight excluding hydrogens is 364 g/mol. The first kappa shape index (κ1) is 18.5. The predicted molar refractivity (Wildman–Crippen MR) is 114 cm³/mol. The molecule has 1 atom stereocenters. The lowest BCUT2D eigenvalue weighted by atomic mass is 10.0. The molecule has 0 radical (unpaired) electrons. The molecule has 28 heavy (non-hydrogen) atoms. The first-order valence-corrected chi connectivity index (χ1v) is 10.4. The molecule has 0 N–H and O–H groups in total. The molecule has 1 aromatic heterocycles. The fourth-order valence-corrected chi connectivity index (χ4v) is 4.42. The van der Waals surface area contributed by atoms with Gasteiger partial charge in [0.2, 0.25) is 0 Å². The Morgan fingerprint density at radius 1 is 1.07 bits per heavy atom. The largest absolute Gasteiger partial charge is 0.323 e. The molecule has 1 amide bonds. The van der Waals surface area contributed by atoms with Crippen LogP contribution in [0.3, 0.4) is 0 Å².